The summed E-state index contributed by atoms with van der Waals surface area (Å²) in [5.74, 6) is 0.746. The Morgan fingerprint density at radius 3 is 3.20 bits per heavy atom. The third-order valence-corrected chi connectivity index (χ3v) is 3.38. The van der Waals surface area contributed by atoms with Crippen molar-refractivity contribution in [3.8, 4) is 0 Å². The molecule has 112 valence electrons. The van der Waals surface area contributed by atoms with E-state index in [0.717, 1.165) is 12.2 Å². The molecule has 1 aromatic rings. The average Bonchev–Trinajstić information content (AvgIpc) is 2.99. The van der Waals surface area contributed by atoms with Gasteiger partial charge in [0.15, 0.2) is 0 Å². The third kappa shape index (κ3) is 3.98. The molecule has 1 saturated heterocycles. The summed E-state index contributed by atoms with van der Waals surface area (Å²) in [6.45, 7) is 3.67. The van der Waals surface area contributed by atoms with Crippen LogP contribution in [0.3, 0.4) is 0 Å². The number of nitrogens with one attached hydrogen (secondary N) is 1. The summed E-state index contributed by atoms with van der Waals surface area (Å²) in [4.78, 5) is 13.9. The van der Waals surface area contributed by atoms with Crippen molar-refractivity contribution in [3.05, 3.63) is 24.2 Å². The fraction of sp³-hybridized carbons (Fsp3) is 0.643. The molecule has 0 saturated carbocycles. The molecular formula is C14H22N2O4. The lowest BCUT2D eigenvalue weighted by Crippen LogP contribution is -2.49. The van der Waals surface area contributed by atoms with Gasteiger partial charge in [-0.15, -0.1) is 0 Å². The van der Waals surface area contributed by atoms with Gasteiger partial charge < -0.3 is 24.5 Å². The van der Waals surface area contributed by atoms with Crippen molar-refractivity contribution in [3.63, 3.8) is 0 Å². The zero-order valence-electron chi connectivity index (χ0n) is 11.7. The van der Waals surface area contributed by atoms with E-state index in [1.807, 2.05) is 19.1 Å². The Labute approximate surface area is 118 Å². The molecule has 1 aliphatic rings. The molecule has 2 heterocycles. The number of amides is 2. The molecule has 1 aromatic heterocycles. The zero-order valence-corrected chi connectivity index (χ0v) is 11.7. The van der Waals surface area contributed by atoms with Gasteiger partial charge >= 0.3 is 6.03 Å². The van der Waals surface area contributed by atoms with Gasteiger partial charge in [0.05, 0.1) is 19.4 Å². The lowest BCUT2D eigenvalue weighted by atomic mass is 10.2. The van der Waals surface area contributed by atoms with Gasteiger partial charge in [-0.05, 0) is 31.9 Å². The van der Waals surface area contributed by atoms with Crippen molar-refractivity contribution in [2.45, 2.75) is 31.9 Å². The van der Waals surface area contributed by atoms with E-state index in [1.54, 1.807) is 11.2 Å². The summed E-state index contributed by atoms with van der Waals surface area (Å²) < 4.78 is 10.9. The molecule has 6 heteroatoms. The Balaban J connectivity index is 1.84. The van der Waals surface area contributed by atoms with Crippen LogP contribution in [-0.4, -0.2) is 48.4 Å². The first kappa shape index (κ1) is 14.9. The second-order valence-corrected chi connectivity index (χ2v) is 5.04. The number of nitrogens with zero attached hydrogens (tertiary/aromatic N) is 1. The maximum Gasteiger partial charge on any atom is 0.317 e. The first-order valence-corrected chi connectivity index (χ1v) is 7.02. The molecular weight excluding hydrogens is 260 g/mol. The zero-order chi connectivity index (χ0) is 14.4. The fourth-order valence-electron chi connectivity index (χ4n) is 2.25. The van der Waals surface area contributed by atoms with Crippen LogP contribution in [0.5, 0.6) is 0 Å². The van der Waals surface area contributed by atoms with Gasteiger partial charge in [-0.3, -0.25) is 0 Å². The Hall–Kier alpha value is -1.53. The van der Waals surface area contributed by atoms with Gasteiger partial charge in [0.1, 0.15) is 11.9 Å². The predicted octanol–water partition coefficient (Wildman–Crippen LogP) is 1.52. The van der Waals surface area contributed by atoms with Crippen LogP contribution in [0.25, 0.3) is 0 Å². The monoisotopic (exact) mass is 282 g/mol. The molecule has 2 unspecified atom stereocenters. The van der Waals surface area contributed by atoms with Crippen molar-refractivity contribution in [2.75, 3.05) is 26.3 Å². The number of furan rings is 1. The molecule has 0 spiro atoms. The van der Waals surface area contributed by atoms with E-state index in [9.17, 15) is 4.79 Å². The normalized spacial score (nSPS) is 20.7. The summed E-state index contributed by atoms with van der Waals surface area (Å²) in [5.41, 5.74) is 0. The van der Waals surface area contributed by atoms with Gasteiger partial charge in [-0.25, -0.2) is 4.79 Å². The van der Waals surface area contributed by atoms with Crippen LogP contribution in [0.1, 0.15) is 31.6 Å². The number of aliphatic hydroxyl groups is 1. The van der Waals surface area contributed by atoms with Gasteiger partial charge in [-0.2, -0.15) is 0 Å². The molecule has 0 bridgehead atoms. The van der Waals surface area contributed by atoms with Crippen LogP contribution in [-0.2, 0) is 4.74 Å². The highest BCUT2D eigenvalue weighted by Gasteiger charge is 2.27. The van der Waals surface area contributed by atoms with Crippen LogP contribution in [0.2, 0.25) is 0 Å². The molecule has 0 radical (unpaired) electrons. The molecule has 2 atom stereocenters. The van der Waals surface area contributed by atoms with Crippen molar-refractivity contribution in [2.24, 2.45) is 0 Å². The van der Waals surface area contributed by atoms with E-state index < -0.39 is 0 Å². The highest BCUT2D eigenvalue weighted by atomic mass is 16.5. The lowest BCUT2D eigenvalue weighted by molar-refractivity contribution is -0.0263. The number of hydrogen-bond acceptors (Lipinski definition) is 4. The minimum absolute atomic E-state index is 0.0551. The van der Waals surface area contributed by atoms with Crippen LogP contribution in [0.15, 0.2) is 22.8 Å². The van der Waals surface area contributed by atoms with Crippen molar-refractivity contribution >= 4 is 6.03 Å². The maximum atomic E-state index is 12.2. The Morgan fingerprint density at radius 2 is 2.50 bits per heavy atom. The molecule has 6 nitrogen and oxygen atoms in total. The Bertz CT molecular complexity index is 407. The molecule has 2 rings (SSSR count). The summed E-state index contributed by atoms with van der Waals surface area (Å²) in [7, 11) is 0. The van der Waals surface area contributed by atoms with Crippen molar-refractivity contribution in [1.29, 1.82) is 0 Å². The molecule has 1 aliphatic heterocycles. The van der Waals surface area contributed by atoms with Gasteiger partial charge in [-0.1, -0.05) is 0 Å². The SMILES string of the molecule is CC(CCCO)NC(=O)N1CCOC(c2ccco2)C1. The Kier molecular flexibility index (Phi) is 5.43. The number of hydrogen-bond donors (Lipinski definition) is 2. The second-order valence-electron chi connectivity index (χ2n) is 5.04. The number of carbonyl (C=O) groups is 1. The molecule has 0 aliphatic carbocycles. The van der Waals surface area contributed by atoms with Crippen LogP contribution < -0.4 is 5.32 Å². The quantitative estimate of drug-likeness (QED) is 0.858. The van der Waals surface area contributed by atoms with Crippen LogP contribution >= 0.6 is 0 Å². The van der Waals surface area contributed by atoms with E-state index in [-0.39, 0.29) is 24.8 Å². The minimum Gasteiger partial charge on any atom is -0.467 e. The largest absolute Gasteiger partial charge is 0.467 e. The number of carbonyl (C=O) groups excluding carboxylic acids is 1. The van der Waals surface area contributed by atoms with Gasteiger partial charge in [0.2, 0.25) is 0 Å². The first-order valence-electron chi connectivity index (χ1n) is 7.02. The van der Waals surface area contributed by atoms with Crippen LogP contribution in [0, 0.1) is 0 Å². The second kappa shape index (κ2) is 7.31. The molecule has 20 heavy (non-hydrogen) atoms. The van der Waals surface area contributed by atoms with Crippen LogP contribution in [0.4, 0.5) is 4.79 Å². The topological polar surface area (TPSA) is 74.9 Å². The van der Waals surface area contributed by atoms with Gasteiger partial charge in [0, 0.05) is 19.2 Å². The predicted molar refractivity (Wildman–Crippen MR) is 73.3 cm³/mol. The molecule has 1 fully saturated rings. The number of urea groups is 1. The number of aliphatic hydroxyl groups excluding tert-OH is 1. The Morgan fingerprint density at radius 1 is 1.65 bits per heavy atom. The molecule has 2 N–H and O–H groups in total. The summed E-state index contributed by atoms with van der Waals surface area (Å²) in [6, 6.07) is 3.64. The summed E-state index contributed by atoms with van der Waals surface area (Å²) >= 11 is 0. The van der Waals surface area contributed by atoms with Crippen molar-refractivity contribution < 1.29 is 19.1 Å². The molecule has 2 amide bonds. The highest BCUT2D eigenvalue weighted by Crippen LogP contribution is 2.22. The maximum absolute atomic E-state index is 12.2. The standard InChI is InChI=1S/C14H22N2O4/c1-11(4-2-7-17)15-14(18)16-6-9-20-13(10-16)12-5-3-8-19-12/h3,5,8,11,13,17H,2,4,6-7,9-10H2,1H3,(H,15,18). The fourth-order valence-corrected chi connectivity index (χ4v) is 2.25. The van der Waals surface area contributed by atoms with E-state index in [1.165, 1.54) is 0 Å². The number of ether oxygens (including phenoxy) is 1. The minimum atomic E-state index is -0.197. The number of rotatable bonds is 5. The lowest BCUT2D eigenvalue weighted by Gasteiger charge is -2.32. The van der Waals surface area contributed by atoms with Gasteiger partial charge in [0.25, 0.3) is 0 Å². The molecule has 0 aromatic carbocycles. The smallest absolute Gasteiger partial charge is 0.317 e. The first-order chi connectivity index (χ1) is 9.70. The average molecular weight is 282 g/mol. The number of morpholine rings is 1. The van der Waals surface area contributed by atoms with E-state index >= 15 is 0 Å². The van der Waals surface area contributed by atoms with E-state index in [0.29, 0.717) is 26.1 Å². The van der Waals surface area contributed by atoms with Crippen molar-refractivity contribution in [1.82, 2.24) is 10.2 Å². The third-order valence-electron chi connectivity index (χ3n) is 3.38. The van der Waals surface area contributed by atoms with E-state index in [4.69, 9.17) is 14.3 Å². The summed E-state index contributed by atoms with van der Waals surface area (Å²) in [5, 5.41) is 11.7. The summed E-state index contributed by atoms with van der Waals surface area (Å²) in [6.07, 6.45) is 2.87. The van der Waals surface area contributed by atoms with E-state index in [2.05, 4.69) is 5.32 Å². The highest BCUT2D eigenvalue weighted by molar-refractivity contribution is 5.74.